The number of thioether (sulfide) groups is 1. The minimum atomic E-state index is -3.82. The number of benzene rings is 1. The van der Waals surface area contributed by atoms with Gasteiger partial charge >= 0.3 is 0 Å². The zero-order valence-corrected chi connectivity index (χ0v) is 10.2. The molecule has 1 aromatic carbocycles. The van der Waals surface area contributed by atoms with E-state index in [2.05, 4.69) is 5.32 Å². The molecule has 0 saturated carbocycles. The maximum Gasteiger partial charge on any atom is 0.264 e. The lowest BCUT2D eigenvalue weighted by molar-refractivity contribution is 0.480. The number of nitrogens with one attached hydrogen (secondary N) is 1. The SMILES string of the molecule is O=S(=O)(O)CCCC1Nc2ccccc2S1. The highest BCUT2D eigenvalue weighted by Gasteiger charge is 2.20. The van der Waals surface area contributed by atoms with Crippen LogP contribution in [0.1, 0.15) is 12.8 Å². The third-order valence-corrected chi connectivity index (χ3v) is 4.39. The summed E-state index contributed by atoms with van der Waals surface area (Å²) in [6, 6.07) is 7.99. The van der Waals surface area contributed by atoms with E-state index in [0.29, 0.717) is 6.42 Å². The Balaban J connectivity index is 1.84. The average Bonchev–Trinajstić information content (AvgIpc) is 2.57. The van der Waals surface area contributed by atoms with E-state index in [1.54, 1.807) is 11.8 Å². The molecule has 1 aliphatic rings. The molecule has 1 atom stereocenters. The summed E-state index contributed by atoms with van der Waals surface area (Å²) in [5.41, 5.74) is 1.10. The predicted octanol–water partition coefficient (Wildman–Crippen LogP) is 2.20. The van der Waals surface area contributed by atoms with E-state index >= 15 is 0 Å². The van der Waals surface area contributed by atoms with Crippen LogP contribution in [0.15, 0.2) is 29.2 Å². The van der Waals surface area contributed by atoms with Crippen LogP contribution in [-0.4, -0.2) is 24.1 Å². The van der Waals surface area contributed by atoms with E-state index in [-0.39, 0.29) is 11.1 Å². The Morgan fingerprint density at radius 3 is 2.81 bits per heavy atom. The van der Waals surface area contributed by atoms with E-state index in [9.17, 15) is 8.42 Å². The molecule has 88 valence electrons. The molecule has 0 aliphatic carbocycles. The van der Waals surface area contributed by atoms with Gasteiger partial charge in [0, 0.05) is 10.6 Å². The molecule has 0 amide bonds. The van der Waals surface area contributed by atoms with Crippen molar-refractivity contribution in [3.05, 3.63) is 24.3 Å². The molecule has 0 saturated heterocycles. The third kappa shape index (κ3) is 3.13. The highest BCUT2D eigenvalue weighted by atomic mass is 32.2. The zero-order chi connectivity index (χ0) is 11.6. The first-order valence-corrected chi connectivity index (χ1v) is 7.51. The molecular weight excluding hydrogens is 246 g/mol. The minimum absolute atomic E-state index is 0.165. The Morgan fingerprint density at radius 2 is 2.12 bits per heavy atom. The van der Waals surface area contributed by atoms with Gasteiger partial charge in [0.2, 0.25) is 0 Å². The first-order chi connectivity index (χ1) is 7.54. The monoisotopic (exact) mass is 259 g/mol. The predicted molar refractivity (Wildman–Crippen MR) is 65.4 cm³/mol. The lowest BCUT2D eigenvalue weighted by Gasteiger charge is -2.08. The molecule has 1 aliphatic heterocycles. The Kier molecular flexibility index (Phi) is 3.41. The summed E-state index contributed by atoms with van der Waals surface area (Å²) in [6.07, 6.45) is 1.19. The third-order valence-electron chi connectivity index (χ3n) is 2.34. The lowest BCUT2D eigenvalue weighted by atomic mass is 10.3. The largest absolute Gasteiger partial charge is 0.372 e. The minimum Gasteiger partial charge on any atom is -0.372 e. The topological polar surface area (TPSA) is 66.4 Å². The molecule has 0 fully saturated rings. The highest BCUT2D eigenvalue weighted by molar-refractivity contribution is 8.00. The first-order valence-electron chi connectivity index (χ1n) is 5.02. The van der Waals surface area contributed by atoms with E-state index in [4.69, 9.17) is 4.55 Å². The van der Waals surface area contributed by atoms with Crippen molar-refractivity contribution in [2.24, 2.45) is 0 Å². The van der Waals surface area contributed by atoms with Gasteiger partial charge in [0.1, 0.15) is 0 Å². The van der Waals surface area contributed by atoms with Crippen molar-refractivity contribution in [1.82, 2.24) is 0 Å². The summed E-state index contributed by atoms with van der Waals surface area (Å²) >= 11 is 1.70. The van der Waals surface area contributed by atoms with Crippen LogP contribution < -0.4 is 5.32 Å². The maximum absolute atomic E-state index is 10.6. The van der Waals surface area contributed by atoms with E-state index in [1.807, 2.05) is 24.3 Å². The lowest BCUT2D eigenvalue weighted by Crippen LogP contribution is -2.12. The van der Waals surface area contributed by atoms with Crippen molar-refractivity contribution in [1.29, 1.82) is 0 Å². The fourth-order valence-electron chi connectivity index (χ4n) is 1.63. The van der Waals surface area contributed by atoms with Gasteiger partial charge in [-0.15, -0.1) is 0 Å². The van der Waals surface area contributed by atoms with Crippen molar-refractivity contribution in [2.45, 2.75) is 23.1 Å². The number of fused-ring (bicyclic) bond motifs is 1. The maximum atomic E-state index is 10.6. The zero-order valence-electron chi connectivity index (χ0n) is 8.59. The fourth-order valence-corrected chi connectivity index (χ4v) is 3.35. The van der Waals surface area contributed by atoms with Crippen LogP contribution in [0.3, 0.4) is 0 Å². The van der Waals surface area contributed by atoms with Gasteiger partial charge in [-0.25, -0.2) is 0 Å². The molecule has 6 heteroatoms. The molecule has 0 radical (unpaired) electrons. The van der Waals surface area contributed by atoms with Crippen LogP contribution >= 0.6 is 11.8 Å². The second-order valence-corrected chi connectivity index (χ2v) is 6.49. The molecule has 1 unspecified atom stereocenters. The first kappa shape index (κ1) is 11.8. The fraction of sp³-hybridized carbons (Fsp3) is 0.400. The number of anilines is 1. The molecule has 1 heterocycles. The smallest absolute Gasteiger partial charge is 0.264 e. The van der Waals surface area contributed by atoms with Gasteiger partial charge < -0.3 is 5.32 Å². The molecule has 1 aromatic rings. The number of hydrogen-bond acceptors (Lipinski definition) is 4. The second-order valence-electron chi connectivity index (χ2n) is 3.68. The molecule has 0 aromatic heterocycles. The van der Waals surface area contributed by atoms with Gasteiger partial charge in [-0.1, -0.05) is 23.9 Å². The van der Waals surface area contributed by atoms with Crippen LogP contribution in [0.4, 0.5) is 5.69 Å². The molecular formula is C10H13NO3S2. The van der Waals surface area contributed by atoms with Gasteiger partial charge in [0.15, 0.2) is 0 Å². The van der Waals surface area contributed by atoms with Crippen molar-refractivity contribution >= 4 is 27.6 Å². The Morgan fingerprint density at radius 1 is 1.38 bits per heavy atom. The van der Waals surface area contributed by atoms with Gasteiger partial charge in [-0.05, 0) is 25.0 Å². The summed E-state index contributed by atoms with van der Waals surface area (Å²) in [6.45, 7) is 0. The van der Waals surface area contributed by atoms with Crippen LogP contribution in [0, 0.1) is 0 Å². The van der Waals surface area contributed by atoms with E-state index < -0.39 is 10.1 Å². The second kappa shape index (κ2) is 4.65. The Labute approximate surface area is 99.2 Å². The molecule has 2 rings (SSSR count). The normalized spacial score (nSPS) is 19.2. The highest BCUT2D eigenvalue weighted by Crippen LogP contribution is 2.39. The summed E-state index contributed by atoms with van der Waals surface area (Å²) in [7, 11) is -3.82. The van der Waals surface area contributed by atoms with Gasteiger partial charge in [-0.2, -0.15) is 8.42 Å². The van der Waals surface area contributed by atoms with Crippen LogP contribution in [0.2, 0.25) is 0 Å². The summed E-state index contributed by atoms with van der Waals surface area (Å²) in [5, 5.41) is 3.51. The average molecular weight is 259 g/mol. The quantitative estimate of drug-likeness (QED) is 0.811. The van der Waals surface area contributed by atoms with Crippen LogP contribution in [0.25, 0.3) is 0 Å². The van der Waals surface area contributed by atoms with Crippen molar-refractivity contribution in [2.75, 3.05) is 11.1 Å². The standard InChI is InChI=1S/C10H13NO3S2/c12-16(13,14)7-3-6-10-11-8-4-1-2-5-9(8)15-10/h1-2,4-5,10-11H,3,6-7H2,(H,12,13,14). The van der Waals surface area contributed by atoms with Gasteiger partial charge in [0.25, 0.3) is 10.1 Å². The molecule has 0 bridgehead atoms. The van der Waals surface area contributed by atoms with Crippen LogP contribution in [0.5, 0.6) is 0 Å². The summed E-state index contributed by atoms with van der Waals surface area (Å²) in [5.74, 6) is -0.165. The number of para-hydroxylation sites is 1. The summed E-state index contributed by atoms with van der Waals surface area (Å²) in [4.78, 5) is 1.19. The van der Waals surface area contributed by atoms with Crippen LogP contribution in [-0.2, 0) is 10.1 Å². The van der Waals surface area contributed by atoms with Crippen molar-refractivity contribution < 1.29 is 13.0 Å². The molecule has 0 spiro atoms. The van der Waals surface area contributed by atoms with Gasteiger partial charge in [-0.3, -0.25) is 4.55 Å². The van der Waals surface area contributed by atoms with E-state index in [0.717, 1.165) is 12.1 Å². The van der Waals surface area contributed by atoms with Crippen molar-refractivity contribution in [3.8, 4) is 0 Å². The summed E-state index contributed by atoms with van der Waals surface area (Å²) < 4.78 is 29.7. The molecule has 16 heavy (non-hydrogen) atoms. The van der Waals surface area contributed by atoms with Gasteiger partial charge in [0.05, 0.1) is 11.1 Å². The number of hydrogen-bond donors (Lipinski definition) is 2. The van der Waals surface area contributed by atoms with E-state index in [1.165, 1.54) is 4.90 Å². The Bertz CT molecular complexity index is 448. The Hall–Kier alpha value is -0.720. The van der Waals surface area contributed by atoms with Crippen molar-refractivity contribution in [3.63, 3.8) is 0 Å². The molecule has 4 nitrogen and oxygen atoms in total. The number of rotatable bonds is 4. The molecule has 2 N–H and O–H groups in total.